The van der Waals surface area contributed by atoms with Gasteiger partial charge in [0.2, 0.25) is 5.91 Å². The van der Waals surface area contributed by atoms with E-state index in [1.165, 1.54) is 0 Å². The molecule has 2 saturated heterocycles. The van der Waals surface area contributed by atoms with Crippen LogP contribution < -0.4 is 5.32 Å². The average molecular weight is 338 g/mol. The molecule has 1 amide bonds. The SMILES string of the molecule is Cc1noc(C)c1C(C)(C)C(=O)N[C@H]1CCO[C@]2(CCSC2)C1. The van der Waals surface area contributed by atoms with Crippen molar-refractivity contribution >= 4 is 17.7 Å². The molecule has 1 aromatic heterocycles. The van der Waals surface area contributed by atoms with Gasteiger partial charge in [0.05, 0.1) is 16.7 Å². The Hall–Kier alpha value is -1.01. The predicted molar refractivity (Wildman–Crippen MR) is 90.8 cm³/mol. The van der Waals surface area contributed by atoms with Gasteiger partial charge >= 0.3 is 0 Å². The van der Waals surface area contributed by atoms with Crippen LogP contribution in [-0.4, -0.2) is 40.8 Å². The molecule has 1 spiro atoms. The maximum absolute atomic E-state index is 12.9. The Morgan fingerprint density at radius 2 is 2.22 bits per heavy atom. The molecule has 0 saturated carbocycles. The maximum Gasteiger partial charge on any atom is 0.230 e. The van der Waals surface area contributed by atoms with Crippen molar-refractivity contribution in [3.63, 3.8) is 0 Å². The minimum atomic E-state index is -0.649. The molecule has 2 aliphatic heterocycles. The van der Waals surface area contributed by atoms with Crippen molar-refractivity contribution < 1.29 is 14.1 Å². The molecule has 0 aromatic carbocycles. The minimum Gasteiger partial charge on any atom is -0.374 e. The quantitative estimate of drug-likeness (QED) is 0.918. The molecule has 1 aromatic rings. The van der Waals surface area contributed by atoms with E-state index in [0.29, 0.717) is 0 Å². The standard InChI is InChI=1S/C17H26N2O3S/c1-11-14(12(2)22-19-11)16(3,4)15(20)18-13-5-7-21-17(9-13)6-8-23-10-17/h13H,5-10H2,1-4H3,(H,18,20)/t13-,17+/m0/s1. The Balaban J connectivity index is 1.71. The lowest BCUT2D eigenvalue weighted by Gasteiger charge is -2.39. The second-order valence-corrected chi connectivity index (χ2v) is 8.43. The van der Waals surface area contributed by atoms with Crippen molar-refractivity contribution in [3.8, 4) is 0 Å². The van der Waals surface area contributed by atoms with Gasteiger partial charge in [0.25, 0.3) is 0 Å². The molecule has 3 heterocycles. The smallest absolute Gasteiger partial charge is 0.230 e. The van der Waals surface area contributed by atoms with Gasteiger partial charge in [-0.15, -0.1) is 0 Å². The topological polar surface area (TPSA) is 64.4 Å². The maximum atomic E-state index is 12.9. The van der Waals surface area contributed by atoms with Crippen molar-refractivity contribution in [2.45, 2.75) is 64.0 Å². The van der Waals surface area contributed by atoms with Gasteiger partial charge in [-0.05, 0) is 52.7 Å². The van der Waals surface area contributed by atoms with Crippen molar-refractivity contribution in [3.05, 3.63) is 17.0 Å². The number of carbonyl (C=O) groups excluding carboxylic acids is 1. The fourth-order valence-electron chi connectivity index (χ4n) is 3.87. The van der Waals surface area contributed by atoms with Crippen LogP contribution in [0.5, 0.6) is 0 Å². The molecular formula is C17H26N2O3S. The largest absolute Gasteiger partial charge is 0.374 e. The number of carbonyl (C=O) groups is 1. The Morgan fingerprint density at radius 1 is 1.43 bits per heavy atom. The Morgan fingerprint density at radius 3 is 2.83 bits per heavy atom. The number of thioether (sulfide) groups is 1. The van der Waals surface area contributed by atoms with Crippen LogP contribution in [-0.2, 0) is 14.9 Å². The molecule has 6 heteroatoms. The summed E-state index contributed by atoms with van der Waals surface area (Å²) in [7, 11) is 0. The van der Waals surface area contributed by atoms with Crippen LogP contribution in [0.3, 0.4) is 0 Å². The highest BCUT2D eigenvalue weighted by atomic mass is 32.2. The summed E-state index contributed by atoms with van der Waals surface area (Å²) < 4.78 is 11.3. The molecule has 0 unspecified atom stereocenters. The number of ether oxygens (including phenoxy) is 1. The summed E-state index contributed by atoms with van der Waals surface area (Å²) in [5, 5.41) is 7.25. The fourth-order valence-corrected chi connectivity index (χ4v) is 5.25. The van der Waals surface area contributed by atoms with E-state index in [4.69, 9.17) is 9.26 Å². The van der Waals surface area contributed by atoms with Gasteiger partial charge in [-0.2, -0.15) is 11.8 Å². The monoisotopic (exact) mass is 338 g/mol. The van der Waals surface area contributed by atoms with E-state index in [1.807, 2.05) is 39.5 Å². The zero-order chi connectivity index (χ0) is 16.7. The summed E-state index contributed by atoms with van der Waals surface area (Å²) in [6, 6.07) is 0.190. The molecule has 2 aliphatic rings. The van der Waals surface area contributed by atoms with Gasteiger partial charge in [0, 0.05) is 24.0 Å². The molecular weight excluding hydrogens is 312 g/mol. The van der Waals surface area contributed by atoms with Crippen LogP contribution in [0.4, 0.5) is 0 Å². The Labute approximate surface area is 141 Å². The first-order chi connectivity index (χ1) is 10.8. The van der Waals surface area contributed by atoms with Gasteiger partial charge < -0.3 is 14.6 Å². The normalized spacial score (nSPS) is 28.3. The van der Waals surface area contributed by atoms with Crippen LogP contribution in [0.15, 0.2) is 4.52 Å². The number of aromatic nitrogens is 1. The number of aryl methyl sites for hydroxylation is 2. The van der Waals surface area contributed by atoms with Gasteiger partial charge in [0.1, 0.15) is 5.76 Å². The summed E-state index contributed by atoms with van der Waals surface area (Å²) >= 11 is 1.95. The number of hydrogen-bond acceptors (Lipinski definition) is 5. The lowest BCUT2D eigenvalue weighted by Crippen LogP contribution is -2.52. The van der Waals surface area contributed by atoms with Crippen LogP contribution in [0.2, 0.25) is 0 Å². The van der Waals surface area contributed by atoms with Crippen LogP contribution >= 0.6 is 11.8 Å². The Kier molecular flexibility index (Phi) is 4.49. The summed E-state index contributed by atoms with van der Waals surface area (Å²) in [6.45, 7) is 8.37. The third-order valence-electron chi connectivity index (χ3n) is 5.12. The van der Waals surface area contributed by atoms with Crippen molar-refractivity contribution in [2.24, 2.45) is 0 Å². The van der Waals surface area contributed by atoms with Crippen molar-refractivity contribution in [1.29, 1.82) is 0 Å². The van der Waals surface area contributed by atoms with Gasteiger partial charge in [-0.25, -0.2) is 0 Å². The molecule has 2 fully saturated rings. The van der Waals surface area contributed by atoms with E-state index in [0.717, 1.165) is 54.4 Å². The van der Waals surface area contributed by atoms with Crippen molar-refractivity contribution in [1.82, 2.24) is 10.5 Å². The van der Waals surface area contributed by atoms with E-state index in [2.05, 4.69) is 10.5 Å². The first-order valence-electron chi connectivity index (χ1n) is 8.30. The number of hydrogen-bond donors (Lipinski definition) is 1. The highest BCUT2D eigenvalue weighted by Crippen LogP contribution is 2.38. The zero-order valence-corrected chi connectivity index (χ0v) is 15.2. The lowest BCUT2D eigenvalue weighted by molar-refractivity contribution is -0.129. The van der Waals surface area contributed by atoms with Gasteiger partial charge in [-0.1, -0.05) is 5.16 Å². The third-order valence-corrected chi connectivity index (χ3v) is 6.34. The number of nitrogens with one attached hydrogen (secondary N) is 1. The van der Waals surface area contributed by atoms with Crippen molar-refractivity contribution in [2.75, 3.05) is 18.1 Å². The minimum absolute atomic E-state index is 0.0198. The molecule has 0 bridgehead atoms. The summed E-state index contributed by atoms with van der Waals surface area (Å²) in [4.78, 5) is 12.9. The second kappa shape index (κ2) is 6.13. The van der Waals surface area contributed by atoms with E-state index in [9.17, 15) is 4.79 Å². The third kappa shape index (κ3) is 3.15. The molecule has 128 valence electrons. The highest BCUT2D eigenvalue weighted by molar-refractivity contribution is 7.99. The zero-order valence-electron chi connectivity index (χ0n) is 14.4. The molecule has 3 rings (SSSR count). The van der Waals surface area contributed by atoms with Gasteiger partial charge in [-0.3, -0.25) is 4.79 Å². The average Bonchev–Trinajstić information content (AvgIpc) is 3.06. The lowest BCUT2D eigenvalue weighted by atomic mass is 9.81. The summed E-state index contributed by atoms with van der Waals surface area (Å²) in [5.74, 6) is 2.97. The second-order valence-electron chi connectivity index (χ2n) is 7.32. The number of rotatable bonds is 3. The fraction of sp³-hybridized carbons (Fsp3) is 0.765. The molecule has 2 atom stereocenters. The summed E-state index contributed by atoms with van der Waals surface area (Å²) in [6.07, 6.45) is 2.90. The predicted octanol–water partition coefficient (Wildman–Crippen LogP) is 2.74. The molecule has 23 heavy (non-hydrogen) atoms. The molecule has 5 nitrogen and oxygen atoms in total. The summed E-state index contributed by atoms with van der Waals surface area (Å²) in [5.41, 5.74) is 1.02. The van der Waals surface area contributed by atoms with E-state index in [1.54, 1.807) is 0 Å². The molecule has 0 radical (unpaired) electrons. The van der Waals surface area contributed by atoms with Crippen LogP contribution in [0.25, 0.3) is 0 Å². The first kappa shape index (κ1) is 16.8. The van der Waals surface area contributed by atoms with E-state index >= 15 is 0 Å². The highest BCUT2D eigenvalue weighted by Gasteiger charge is 2.42. The van der Waals surface area contributed by atoms with Crippen LogP contribution in [0, 0.1) is 13.8 Å². The van der Waals surface area contributed by atoms with Gasteiger partial charge in [0.15, 0.2) is 0 Å². The number of amides is 1. The van der Waals surface area contributed by atoms with E-state index < -0.39 is 5.41 Å². The van der Waals surface area contributed by atoms with Crippen LogP contribution in [0.1, 0.15) is 50.1 Å². The molecule has 0 aliphatic carbocycles. The molecule has 1 N–H and O–H groups in total. The number of nitrogens with zero attached hydrogens (tertiary/aromatic N) is 1. The Bertz CT molecular complexity index is 571. The first-order valence-corrected chi connectivity index (χ1v) is 9.46. The van der Waals surface area contributed by atoms with E-state index in [-0.39, 0.29) is 17.6 Å².